The molecule has 6 nitrogen and oxygen atoms in total. The highest BCUT2D eigenvalue weighted by molar-refractivity contribution is 5.78. The maximum atomic E-state index is 12.4. The van der Waals surface area contributed by atoms with Gasteiger partial charge in [0, 0.05) is 62.1 Å². The standard InChI is InChI=1S/C17H23N5O/c1-12-6-15(21(2)3)8-16(20-12)13-4-5-22(10-13)17(23)7-14-9-18-11-19-14/h6,8-9,11,13H,4-5,7,10H2,1-3H3,(H,18,19). The fraction of sp³-hybridized carbons (Fsp3) is 0.471. The molecule has 2 aromatic heterocycles. The first kappa shape index (κ1) is 15.5. The van der Waals surface area contributed by atoms with Crippen LogP contribution >= 0.6 is 0 Å². The number of carbonyl (C=O) groups is 1. The summed E-state index contributed by atoms with van der Waals surface area (Å²) in [4.78, 5) is 28.0. The third kappa shape index (κ3) is 3.52. The largest absolute Gasteiger partial charge is 0.378 e. The van der Waals surface area contributed by atoms with E-state index >= 15 is 0 Å². The fourth-order valence-corrected chi connectivity index (χ4v) is 3.03. The number of pyridine rings is 1. The molecule has 23 heavy (non-hydrogen) atoms. The van der Waals surface area contributed by atoms with E-state index in [-0.39, 0.29) is 5.91 Å². The predicted molar refractivity (Wildman–Crippen MR) is 89.5 cm³/mol. The molecule has 1 atom stereocenters. The minimum atomic E-state index is 0.150. The number of likely N-dealkylation sites (tertiary alicyclic amines) is 1. The Morgan fingerprint density at radius 1 is 1.43 bits per heavy atom. The van der Waals surface area contributed by atoms with Crippen molar-refractivity contribution in [3.05, 3.63) is 41.7 Å². The van der Waals surface area contributed by atoms with Crippen molar-refractivity contribution in [1.82, 2.24) is 19.9 Å². The monoisotopic (exact) mass is 313 g/mol. The van der Waals surface area contributed by atoms with Crippen LogP contribution in [0.3, 0.4) is 0 Å². The van der Waals surface area contributed by atoms with Gasteiger partial charge >= 0.3 is 0 Å². The fourth-order valence-electron chi connectivity index (χ4n) is 3.03. The second-order valence-corrected chi connectivity index (χ2v) is 6.36. The summed E-state index contributed by atoms with van der Waals surface area (Å²) in [5, 5.41) is 0. The van der Waals surface area contributed by atoms with E-state index in [1.54, 1.807) is 12.5 Å². The summed E-state index contributed by atoms with van der Waals surface area (Å²) < 4.78 is 0. The summed E-state index contributed by atoms with van der Waals surface area (Å²) in [6.45, 7) is 3.56. The average Bonchev–Trinajstić information content (AvgIpc) is 3.17. The van der Waals surface area contributed by atoms with Crippen molar-refractivity contribution in [2.75, 3.05) is 32.1 Å². The van der Waals surface area contributed by atoms with E-state index in [0.717, 1.165) is 42.3 Å². The number of amides is 1. The molecule has 1 aliphatic rings. The van der Waals surface area contributed by atoms with Crippen LogP contribution in [-0.2, 0) is 11.2 Å². The lowest BCUT2D eigenvalue weighted by Gasteiger charge is -2.18. The number of rotatable bonds is 4. The van der Waals surface area contributed by atoms with E-state index in [9.17, 15) is 4.79 Å². The number of hydrogen-bond donors (Lipinski definition) is 1. The Balaban J connectivity index is 1.68. The van der Waals surface area contributed by atoms with Gasteiger partial charge in [-0.15, -0.1) is 0 Å². The van der Waals surface area contributed by atoms with Crippen molar-refractivity contribution in [2.24, 2.45) is 0 Å². The first-order valence-electron chi connectivity index (χ1n) is 7.94. The molecule has 1 saturated heterocycles. The third-order valence-electron chi connectivity index (χ3n) is 4.33. The number of aromatic nitrogens is 3. The predicted octanol–water partition coefficient (Wildman–Crippen LogP) is 1.74. The molecule has 1 aliphatic heterocycles. The minimum absolute atomic E-state index is 0.150. The van der Waals surface area contributed by atoms with E-state index in [2.05, 4.69) is 32.0 Å². The molecule has 0 radical (unpaired) electrons. The Kier molecular flexibility index (Phi) is 4.32. The van der Waals surface area contributed by atoms with Gasteiger partial charge in [-0.05, 0) is 25.5 Å². The zero-order chi connectivity index (χ0) is 16.4. The number of imidazole rings is 1. The molecule has 1 N–H and O–H groups in total. The number of nitrogens with one attached hydrogen (secondary N) is 1. The van der Waals surface area contributed by atoms with Crippen molar-refractivity contribution < 1.29 is 4.79 Å². The zero-order valence-corrected chi connectivity index (χ0v) is 13.9. The summed E-state index contributed by atoms with van der Waals surface area (Å²) in [5.41, 5.74) is 4.13. The molecule has 0 aromatic carbocycles. The van der Waals surface area contributed by atoms with Crippen molar-refractivity contribution in [3.8, 4) is 0 Å². The maximum Gasteiger partial charge on any atom is 0.228 e. The highest BCUT2D eigenvalue weighted by Crippen LogP contribution is 2.28. The van der Waals surface area contributed by atoms with Crippen LogP contribution in [-0.4, -0.2) is 52.9 Å². The molecular weight excluding hydrogens is 290 g/mol. The van der Waals surface area contributed by atoms with Crippen LogP contribution in [0.1, 0.15) is 29.4 Å². The highest BCUT2D eigenvalue weighted by Gasteiger charge is 2.28. The van der Waals surface area contributed by atoms with Crippen LogP contribution in [0.5, 0.6) is 0 Å². The van der Waals surface area contributed by atoms with E-state index in [1.165, 1.54) is 0 Å². The molecule has 1 unspecified atom stereocenters. The number of H-pyrrole nitrogens is 1. The summed E-state index contributed by atoms with van der Waals surface area (Å²) in [5.74, 6) is 0.469. The molecule has 2 aromatic rings. The molecule has 6 heteroatoms. The topological polar surface area (TPSA) is 65.1 Å². The zero-order valence-electron chi connectivity index (χ0n) is 13.9. The first-order chi connectivity index (χ1) is 11.0. The van der Waals surface area contributed by atoms with E-state index in [4.69, 9.17) is 0 Å². The van der Waals surface area contributed by atoms with Gasteiger partial charge < -0.3 is 14.8 Å². The number of anilines is 1. The smallest absolute Gasteiger partial charge is 0.228 e. The minimum Gasteiger partial charge on any atom is -0.378 e. The van der Waals surface area contributed by atoms with Gasteiger partial charge in [-0.1, -0.05) is 0 Å². The van der Waals surface area contributed by atoms with Crippen LogP contribution in [0.25, 0.3) is 0 Å². The van der Waals surface area contributed by atoms with Gasteiger partial charge in [-0.2, -0.15) is 0 Å². The second kappa shape index (κ2) is 6.40. The Hall–Kier alpha value is -2.37. The lowest BCUT2D eigenvalue weighted by Crippen LogP contribution is -2.30. The molecule has 0 bridgehead atoms. The quantitative estimate of drug-likeness (QED) is 0.934. The molecule has 0 spiro atoms. The van der Waals surface area contributed by atoms with Crippen LogP contribution in [0.4, 0.5) is 5.69 Å². The summed E-state index contributed by atoms with van der Waals surface area (Å²) in [6, 6.07) is 4.22. The van der Waals surface area contributed by atoms with Crippen molar-refractivity contribution in [2.45, 2.75) is 25.7 Å². The molecule has 1 amide bonds. The van der Waals surface area contributed by atoms with E-state index in [1.807, 2.05) is 25.9 Å². The lowest BCUT2D eigenvalue weighted by molar-refractivity contribution is -0.129. The van der Waals surface area contributed by atoms with Crippen molar-refractivity contribution in [1.29, 1.82) is 0 Å². The summed E-state index contributed by atoms with van der Waals surface area (Å²) in [7, 11) is 4.07. The molecule has 1 fully saturated rings. The van der Waals surface area contributed by atoms with Crippen LogP contribution in [0.2, 0.25) is 0 Å². The van der Waals surface area contributed by atoms with E-state index < -0.39 is 0 Å². The van der Waals surface area contributed by atoms with Gasteiger partial charge in [-0.25, -0.2) is 4.98 Å². The van der Waals surface area contributed by atoms with Gasteiger partial charge in [0.1, 0.15) is 0 Å². The van der Waals surface area contributed by atoms with Gasteiger partial charge in [0.15, 0.2) is 0 Å². The van der Waals surface area contributed by atoms with Gasteiger partial charge in [0.2, 0.25) is 5.91 Å². The maximum absolute atomic E-state index is 12.4. The molecular formula is C17H23N5O. The summed E-state index contributed by atoms with van der Waals surface area (Å²) in [6.07, 6.45) is 4.67. The molecule has 0 saturated carbocycles. The number of hydrogen-bond acceptors (Lipinski definition) is 4. The Bertz CT molecular complexity index is 680. The molecule has 3 heterocycles. The normalized spacial score (nSPS) is 17.5. The lowest BCUT2D eigenvalue weighted by atomic mass is 10.0. The van der Waals surface area contributed by atoms with Crippen LogP contribution in [0.15, 0.2) is 24.7 Å². The first-order valence-corrected chi connectivity index (χ1v) is 7.94. The Labute approximate surface area is 136 Å². The van der Waals surface area contributed by atoms with E-state index in [0.29, 0.717) is 12.3 Å². The van der Waals surface area contributed by atoms with Crippen molar-refractivity contribution >= 4 is 11.6 Å². The SMILES string of the molecule is Cc1cc(N(C)C)cc(C2CCN(C(=O)Cc3cnc[nH]3)C2)n1. The van der Waals surface area contributed by atoms with Gasteiger partial charge in [-0.3, -0.25) is 9.78 Å². The Morgan fingerprint density at radius 3 is 2.96 bits per heavy atom. The number of carbonyl (C=O) groups excluding carboxylic acids is 1. The van der Waals surface area contributed by atoms with Crippen LogP contribution < -0.4 is 4.90 Å². The number of aromatic amines is 1. The molecule has 0 aliphatic carbocycles. The molecule has 3 rings (SSSR count). The Morgan fingerprint density at radius 2 is 2.26 bits per heavy atom. The van der Waals surface area contributed by atoms with Crippen LogP contribution in [0, 0.1) is 6.92 Å². The highest BCUT2D eigenvalue weighted by atomic mass is 16.2. The summed E-state index contributed by atoms with van der Waals surface area (Å²) >= 11 is 0. The third-order valence-corrected chi connectivity index (χ3v) is 4.33. The average molecular weight is 313 g/mol. The second-order valence-electron chi connectivity index (χ2n) is 6.36. The van der Waals surface area contributed by atoms with Gasteiger partial charge in [0.05, 0.1) is 12.7 Å². The molecule has 122 valence electrons. The number of nitrogens with zero attached hydrogens (tertiary/aromatic N) is 4. The van der Waals surface area contributed by atoms with Gasteiger partial charge in [0.25, 0.3) is 0 Å². The van der Waals surface area contributed by atoms with Crippen molar-refractivity contribution in [3.63, 3.8) is 0 Å². The number of aryl methyl sites for hydroxylation is 1.